The minimum absolute atomic E-state index is 0.0403. The first-order valence-electron chi connectivity index (χ1n) is 8.95. The molecule has 1 amide bonds. The highest BCUT2D eigenvalue weighted by molar-refractivity contribution is 7.89. The standard InChI is InChI=1S/C19H25N3O5S/c1-19(2)11-13-6-5-7-16(17(13)27-19)26-9-8-21-18(23)15-10-14(12-22(15)4)28(24,25)20-3/h5-7,10,12,20H,8-9,11H2,1-4H3,(H,21,23). The monoisotopic (exact) mass is 407 g/mol. The van der Waals surface area contributed by atoms with Gasteiger partial charge in [0.1, 0.15) is 22.8 Å². The molecular formula is C19H25N3O5S. The van der Waals surface area contributed by atoms with Gasteiger partial charge in [-0.2, -0.15) is 0 Å². The zero-order valence-electron chi connectivity index (χ0n) is 16.4. The van der Waals surface area contributed by atoms with Crippen molar-refractivity contribution in [2.24, 2.45) is 7.05 Å². The SMILES string of the molecule is CNS(=O)(=O)c1cc(C(=O)NCCOc2cccc3c2OC(C)(C)C3)n(C)c1. The lowest BCUT2D eigenvalue weighted by atomic mass is 10.0. The smallest absolute Gasteiger partial charge is 0.268 e. The Morgan fingerprint density at radius 3 is 2.82 bits per heavy atom. The number of fused-ring (bicyclic) bond motifs is 1. The second-order valence-corrected chi connectivity index (χ2v) is 9.15. The third kappa shape index (κ3) is 4.15. The quantitative estimate of drug-likeness (QED) is 0.677. The number of hydrogen-bond acceptors (Lipinski definition) is 5. The molecule has 1 aliphatic rings. The van der Waals surface area contributed by atoms with Crippen molar-refractivity contribution in [2.75, 3.05) is 20.2 Å². The topological polar surface area (TPSA) is 98.7 Å². The number of ether oxygens (including phenoxy) is 2. The molecule has 1 aromatic carbocycles. The van der Waals surface area contributed by atoms with Crippen LogP contribution in [0.5, 0.6) is 11.5 Å². The molecule has 0 spiro atoms. The van der Waals surface area contributed by atoms with Gasteiger partial charge in [0.25, 0.3) is 5.91 Å². The largest absolute Gasteiger partial charge is 0.488 e. The fourth-order valence-corrected chi connectivity index (χ4v) is 3.94. The fourth-order valence-electron chi connectivity index (χ4n) is 3.14. The summed E-state index contributed by atoms with van der Waals surface area (Å²) in [5.41, 5.74) is 1.10. The minimum atomic E-state index is -3.60. The number of nitrogens with one attached hydrogen (secondary N) is 2. The van der Waals surface area contributed by atoms with Crippen LogP contribution in [-0.4, -0.2) is 44.7 Å². The Morgan fingerprint density at radius 2 is 2.11 bits per heavy atom. The van der Waals surface area contributed by atoms with Crippen molar-refractivity contribution in [3.63, 3.8) is 0 Å². The summed E-state index contributed by atoms with van der Waals surface area (Å²) < 4.78 is 39.2. The summed E-state index contributed by atoms with van der Waals surface area (Å²) in [5, 5.41) is 2.74. The number of carbonyl (C=O) groups excluding carboxylic acids is 1. The maximum atomic E-state index is 12.4. The summed E-state index contributed by atoms with van der Waals surface area (Å²) in [6.45, 7) is 4.59. The van der Waals surface area contributed by atoms with Crippen molar-refractivity contribution < 1.29 is 22.7 Å². The maximum Gasteiger partial charge on any atom is 0.268 e. The Morgan fingerprint density at radius 1 is 1.36 bits per heavy atom. The summed E-state index contributed by atoms with van der Waals surface area (Å²) >= 11 is 0. The third-order valence-corrected chi connectivity index (χ3v) is 5.87. The minimum Gasteiger partial charge on any atom is -0.488 e. The van der Waals surface area contributed by atoms with Gasteiger partial charge in [0.05, 0.1) is 6.54 Å². The summed E-state index contributed by atoms with van der Waals surface area (Å²) in [7, 11) is -0.658. The number of nitrogens with zero attached hydrogens (tertiary/aromatic N) is 1. The number of amides is 1. The molecule has 0 aliphatic carbocycles. The molecule has 0 saturated carbocycles. The zero-order valence-corrected chi connectivity index (χ0v) is 17.2. The van der Waals surface area contributed by atoms with Gasteiger partial charge in [-0.05, 0) is 33.0 Å². The van der Waals surface area contributed by atoms with Crippen molar-refractivity contribution in [3.8, 4) is 11.5 Å². The average molecular weight is 407 g/mol. The van der Waals surface area contributed by atoms with Crippen LogP contribution in [0.15, 0.2) is 35.4 Å². The molecule has 8 nitrogen and oxygen atoms in total. The van der Waals surface area contributed by atoms with Crippen LogP contribution >= 0.6 is 0 Å². The Kier molecular flexibility index (Phi) is 5.40. The van der Waals surface area contributed by atoms with Gasteiger partial charge in [-0.3, -0.25) is 4.79 Å². The van der Waals surface area contributed by atoms with Crippen LogP contribution in [0, 0.1) is 0 Å². The average Bonchev–Trinajstić information content (AvgIpc) is 3.17. The Labute approximate surface area is 164 Å². The predicted molar refractivity (Wildman–Crippen MR) is 104 cm³/mol. The predicted octanol–water partition coefficient (Wildman–Crippen LogP) is 1.46. The lowest BCUT2D eigenvalue weighted by Gasteiger charge is -2.18. The number of aryl methyl sites for hydroxylation is 1. The lowest BCUT2D eigenvalue weighted by Crippen LogP contribution is -2.29. The molecule has 0 radical (unpaired) electrons. The highest BCUT2D eigenvalue weighted by Crippen LogP contribution is 2.41. The van der Waals surface area contributed by atoms with Crippen LogP contribution in [-0.2, 0) is 23.5 Å². The van der Waals surface area contributed by atoms with Gasteiger partial charge >= 0.3 is 0 Å². The highest BCUT2D eigenvalue weighted by Gasteiger charge is 2.32. The van der Waals surface area contributed by atoms with E-state index in [0.29, 0.717) is 5.75 Å². The second kappa shape index (κ2) is 7.48. The van der Waals surface area contributed by atoms with Gasteiger partial charge in [0.2, 0.25) is 10.0 Å². The van der Waals surface area contributed by atoms with E-state index in [0.717, 1.165) is 17.7 Å². The number of carbonyl (C=O) groups is 1. The Balaban J connectivity index is 1.57. The number of sulfonamides is 1. The van der Waals surface area contributed by atoms with E-state index in [1.54, 1.807) is 7.05 Å². The first kappa shape index (κ1) is 20.2. The first-order valence-corrected chi connectivity index (χ1v) is 10.4. The third-order valence-electron chi connectivity index (χ3n) is 4.49. The molecule has 2 aromatic rings. The fraction of sp³-hybridized carbons (Fsp3) is 0.421. The van der Waals surface area contributed by atoms with Crippen LogP contribution in [0.2, 0.25) is 0 Å². The molecule has 0 saturated heterocycles. The van der Waals surface area contributed by atoms with E-state index in [-0.39, 0.29) is 35.2 Å². The van der Waals surface area contributed by atoms with E-state index in [9.17, 15) is 13.2 Å². The van der Waals surface area contributed by atoms with Gasteiger partial charge in [-0.25, -0.2) is 13.1 Å². The molecule has 9 heteroatoms. The zero-order chi connectivity index (χ0) is 20.5. The van der Waals surface area contributed by atoms with Crippen LogP contribution in [0.3, 0.4) is 0 Å². The molecule has 3 rings (SSSR count). The molecule has 0 fully saturated rings. The molecule has 1 aliphatic heterocycles. The molecule has 2 N–H and O–H groups in total. The van der Waals surface area contributed by atoms with Crippen molar-refractivity contribution in [3.05, 3.63) is 41.7 Å². The highest BCUT2D eigenvalue weighted by atomic mass is 32.2. The van der Waals surface area contributed by atoms with Crippen LogP contribution in [0.25, 0.3) is 0 Å². The summed E-state index contributed by atoms with van der Waals surface area (Å²) in [5.74, 6) is 1.03. The van der Waals surface area contributed by atoms with Gasteiger partial charge in [0, 0.05) is 25.2 Å². The Hall–Kier alpha value is -2.52. The molecule has 0 atom stereocenters. The number of hydrogen-bond donors (Lipinski definition) is 2. The van der Waals surface area contributed by atoms with Crippen molar-refractivity contribution in [1.29, 1.82) is 0 Å². The van der Waals surface area contributed by atoms with E-state index in [1.165, 1.54) is 23.9 Å². The molecule has 2 heterocycles. The van der Waals surface area contributed by atoms with E-state index in [1.807, 2.05) is 32.0 Å². The van der Waals surface area contributed by atoms with Crippen molar-refractivity contribution in [2.45, 2.75) is 30.8 Å². The normalized spacial score (nSPS) is 15.0. The number of para-hydroxylation sites is 1. The van der Waals surface area contributed by atoms with Crippen LogP contribution in [0.4, 0.5) is 0 Å². The van der Waals surface area contributed by atoms with E-state index < -0.39 is 10.0 Å². The number of aromatic nitrogens is 1. The van der Waals surface area contributed by atoms with Crippen molar-refractivity contribution in [1.82, 2.24) is 14.6 Å². The lowest BCUT2D eigenvalue weighted by molar-refractivity contribution is 0.0938. The second-order valence-electron chi connectivity index (χ2n) is 7.27. The molecule has 0 unspecified atom stereocenters. The van der Waals surface area contributed by atoms with E-state index >= 15 is 0 Å². The number of rotatable bonds is 7. The van der Waals surface area contributed by atoms with Crippen LogP contribution in [0.1, 0.15) is 29.9 Å². The molecular weight excluding hydrogens is 382 g/mol. The summed E-state index contributed by atoms with van der Waals surface area (Å²) in [4.78, 5) is 12.4. The van der Waals surface area contributed by atoms with Crippen molar-refractivity contribution >= 4 is 15.9 Å². The van der Waals surface area contributed by atoms with Crippen LogP contribution < -0.4 is 19.5 Å². The van der Waals surface area contributed by atoms with E-state index in [4.69, 9.17) is 9.47 Å². The first-order chi connectivity index (χ1) is 13.1. The summed E-state index contributed by atoms with van der Waals surface area (Å²) in [6.07, 6.45) is 2.21. The molecule has 0 bridgehead atoms. The number of benzene rings is 1. The van der Waals surface area contributed by atoms with Gasteiger partial charge in [-0.1, -0.05) is 12.1 Å². The molecule has 28 heavy (non-hydrogen) atoms. The van der Waals surface area contributed by atoms with Gasteiger partial charge in [0.15, 0.2) is 11.5 Å². The Bertz CT molecular complexity index is 995. The molecule has 152 valence electrons. The van der Waals surface area contributed by atoms with Gasteiger partial charge in [-0.15, -0.1) is 0 Å². The van der Waals surface area contributed by atoms with E-state index in [2.05, 4.69) is 10.0 Å². The van der Waals surface area contributed by atoms with Gasteiger partial charge < -0.3 is 19.4 Å². The maximum absolute atomic E-state index is 12.4. The summed E-state index contributed by atoms with van der Waals surface area (Å²) in [6, 6.07) is 7.12. The molecule has 1 aromatic heterocycles.